The van der Waals surface area contributed by atoms with Crippen molar-refractivity contribution < 1.29 is 14.4 Å². The summed E-state index contributed by atoms with van der Waals surface area (Å²) < 4.78 is 0. The van der Waals surface area contributed by atoms with Crippen molar-refractivity contribution in [2.24, 2.45) is 23.7 Å². The maximum absolute atomic E-state index is 12.5. The molecule has 5 nitrogen and oxygen atoms in total. The molecule has 1 aromatic rings. The molecule has 3 amide bonds. The van der Waals surface area contributed by atoms with Crippen LogP contribution < -0.4 is 5.43 Å². The fraction of sp³-hybridized carbons (Fsp3) is 0.353. The number of fused-ring (bicyclic) bond motifs is 5. The number of benzene rings is 1. The van der Waals surface area contributed by atoms with E-state index in [1.807, 2.05) is 31.2 Å². The van der Waals surface area contributed by atoms with Gasteiger partial charge in [-0.2, -0.15) is 5.01 Å². The lowest BCUT2D eigenvalue weighted by Gasteiger charge is -2.18. The molecule has 2 bridgehead atoms. The summed E-state index contributed by atoms with van der Waals surface area (Å²) in [5, 5.41) is 0.934. The molecule has 2 aliphatic carbocycles. The van der Waals surface area contributed by atoms with Gasteiger partial charge in [-0.1, -0.05) is 29.8 Å². The molecule has 1 heterocycles. The second-order valence-corrected chi connectivity index (χ2v) is 6.32. The molecule has 1 N–H and O–H groups in total. The van der Waals surface area contributed by atoms with Crippen LogP contribution in [0.4, 0.5) is 0 Å². The van der Waals surface area contributed by atoms with Crippen LogP contribution in [0.5, 0.6) is 0 Å². The number of carbonyl (C=O) groups is 3. The highest BCUT2D eigenvalue weighted by Gasteiger charge is 2.59. The van der Waals surface area contributed by atoms with E-state index in [0.29, 0.717) is 5.56 Å². The Bertz CT molecular complexity index is 677. The zero-order chi connectivity index (χ0) is 15.4. The van der Waals surface area contributed by atoms with E-state index in [4.69, 9.17) is 0 Å². The number of hydrogen-bond acceptors (Lipinski definition) is 3. The molecule has 1 saturated carbocycles. The normalized spacial score (nSPS) is 31.8. The van der Waals surface area contributed by atoms with Gasteiger partial charge in [0, 0.05) is 5.56 Å². The van der Waals surface area contributed by atoms with E-state index in [-0.39, 0.29) is 35.5 Å². The molecule has 1 saturated heterocycles. The maximum Gasteiger partial charge on any atom is 0.270 e. The number of carbonyl (C=O) groups excluding carboxylic acids is 3. The fourth-order valence-corrected chi connectivity index (χ4v) is 3.88. The summed E-state index contributed by atoms with van der Waals surface area (Å²) in [5.74, 6) is -1.26. The molecule has 112 valence electrons. The van der Waals surface area contributed by atoms with Crippen molar-refractivity contribution in [1.82, 2.24) is 10.4 Å². The average molecular weight is 296 g/mol. The number of aryl methyl sites for hydroxylation is 1. The average Bonchev–Trinajstić information content (AvgIpc) is 3.17. The summed E-state index contributed by atoms with van der Waals surface area (Å²) >= 11 is 0. The fourth-order valence-electron chi connectivity index (χ4n) is 3.88. The van der Waals surface area contributed by atoms with Crippen molar-refractivity contribution >= 4 is 17.7 Å². The van der Waals surface area contributed by atoms with Gasteiger partial charge in [0.25, 0.3) is 17.7 Å². The van der Waals surface area contributed by atoms with Crippen LogP contribution >= 0.6 is 0 Å². The molecule has 3 unspecified atom stereocenters. The Morgan fingerprint density at radius 1 is 1.05 bits per heavy atom. The monoisotopic (exact) mass is 296 g/mol. The van der Waals surface area contributed by atoms with E-state index in [1.54, 1.807) is 12.1 Å². The molecular formula is C17H16N2O3. The number of hydrazine groups is 1. The lowest BCUT2D eigenvalue weighted by Crippen LogP contribution is -2.47. The molecule has 2 fully saturated rings. The lowest BCUT2D eigenvalue weighted by molar-refractivity contribution is -0.143. The number of allylic oxidation sites excluding steroid dienone is 2. The van der Waals surface area contributed by atoms with Crippen LogP contribution in [-0.4, -0.2) is 22.7 Å². The van der Waals surface area contributed by atoms with Crippen molar-refractivity contribution in [3.8, 4) is 0 Å². The molecule has 5 heteroatoms. The van der Waals surface area contributed by atoms with Crippen LogP contribution in [0.3, 0.4) is 0 Å². The topological polar surface area (TPSA) is 66.5 Å². The largest absolute Gasteiger partial charge is 0.272 e. The molecule has 0 aromatic heterocycles. The zero-order valence-electron chi connectivity index (χ0n) is 12.2. The first kappa shape index (κ1) is 13.2. The molecular weight excluding hydrogens is 280 g/mol. The van der Waals surface area contributed by atoms with E-state index in [9.17, 15) is 14.4 Å². The molecule has 1 aromatic carbocycles. The van der Waals surface area contributed by atoms with Gasteiger partial charge in [-0.15, -0.1) is 0 Å². The van der Waals surface area contributed by atoms with Crippen LogP contribution in [0.2, 0.25) is 0 Å². The second-order valence-electron chi connectivity index (χ2n) is 6.32. The highest BCUT2D eigenvalue weighted by molar-refractivity contribution is 6.08. The minimum absolute atomic E-state index is 0.146. The number of imide groups is 1. The summed E-state index contributed by atoms with van der Waals surface area (Å²) in [5.41, 5.74) is 3.96. The molecule has 4 atom stereocenters. The third-order valence-corrected chi connectivity index (χ3v) is 5.00. The highest BCUT2D eigenvalue weighted by atomic mass is 16.2. The van der Waals surface area contributed by atoms with Gasteiger partial charge in [-0.05, 0) is 37.3 Å². The van der Waals surface area contributed by atoms with Crippen molar-refractivity contribution in [3.05, 3.63) is 47.5 Å². The van der Waals surface area contributed by atoms with Crippen LogP contribution in [0, 0.1) is 30.6 Å². The van der Waals surface area contributed by atoms with Crippen molar-refractivity contribution in [2.45, 2.75) is 13.3 Å². The number of amides is 3. The molecule has 1 aliphatic heterocycles. The van der Waals surface area contributed by atoms with Crippen LogP contribution in [0.15, 0.2) is 36.4 Å². The molecule has 0 radical (unpaired) electrons. The van der Waals surface area contributed by atoms with Crippen molar-refractivity contribution in [1.29, 1.82) is 0 Å². The summed E-state index contributed by atoms with van der Waals surface area (Å²) in [6.45, 7) is 1.93. The minimum Gasteiger partial charge on any atom is -0.272 e. The maximum atomic E-state index is 12.5. The predicted molar refractivity (Wildman–Crippen MR) is 78.2 cm³/mol. The Kier molecular flexibility index (Phi) is 2.73. The van der Waals surface area contributed by atoms with E-state index >= 15 is 0 Å². The van der Waals surface area contributed by atoms with Gasteiger partial charge >= 0.3 is 0 Å². The standard InChI is InChI=1S/C17H16N2O3/c1-9-2-4-10(5-3-9)15(20)18-19-16(21)13-11-6-7-12(8-11)14(13)17(19)22/h2-7,11-14H,8H2,1H3,(H,18,20)/t11?,12?,13-,14?/m0/s1. The SMILES string of the molecule is Cc1ccc(C(=O)NN2C(=O)C3C4C=CC(C4)[C@@H]3C2=O)cc1. The van der Waals surface area contributed by atoms with E-state index in [2.05, 4.69) is 5.43 Å². The predicted octanol–water partition coefficient (Wildman–Crippen LogP) is 1.45. The van der Waals surface area contributed by atoms with Gasteiger partial charge < -0.3 is 0 Å². The number of hydrogen-bond donors (Lipinski definition) is 1. The summed E-state index contributed by atoms with van der Waals surface area (Å²) in [6, 6.07) is 7.01. The molecule has 22 heavy (non-hydrogen) atoms. The first-order valence-electron chi connectivity index (χ1n) is 7.50. The smallest absolute Gasteiger partial charge is 0.270 e. The van der Waals surface area contributed by atoms with Gasteiger partial charge in [-0.3, -0.25) is 19.8 Å². The lowest BCUT2D eigenvalue weighted by atomic mass is 9.85. The van der Waals surface area contributed by atoms with Gasteiger partial charge in [-0.25, -0.2) is 0 Å². The first-order valence-corrected chi connectivity index (χ1v) is 7.50. The summed E-state index contributed by atoms with van der Waals surface area (Å²) in [7, 11) is 0. The van der Waals surface area contributed by atoms with E-state index < -0.39 is 5.91 Å². The summed E-state index contributed by atoms with van der Waals surface area (Å²) in [4.78, 5) is 37.2. The Morgan fingerprint density at radius 3 is 2.14 bits per heavy atom. The van der Waals surface area contributed by atoms with Gasteiger partial charge in [0.15, 0.2) is 0 Å². The Morgan fingerprint density at radius 2 is 1.59 bits per heavy atom. The zero-order valence-corrected chi connectivity index (χ0v) is 12.2. The van der Waals surface area contributed by atoms with Gasteiger partial charge in [0.05, 0.1) is 11.8 Å². The van der Waals surface area contributed by atoms with Crippen LogP contribution in [0.1, 0.15) is 22.3 Å². The molecule has 0 spiro atoms. The Labute approximate surface area is 128 Å². The number of rotatable bonds is 2. The summed E-state index contributed by atoms with van der Waals surface area (Å²) in [6.07, 6.45) is 4.94. The molecule has 3 aliphatic rings. The molecule has 4 rings (SSSR count). The third kappa shape index (κ3) is 1.75. The number of nitrogens with zero attached hydrogens (tertiary/aromatic N) is 1. The first-order chi connectivity index (χ1) is 10.6. The van der Waals surface area contributed by atoms with Gasteiger partial charge in [0.2, 0.25) is 0 Å². The minimum atomic E-state index is -0.429. The van der Waals surface area contributed by atoms with Crippen LogP contribution in [-0.2, 0) is 9.59 Å². The van der Waals surface area contributed by atoms with Gasteiger partial charge in [0.1, 0.15) is 0 Å². The Hall–Kier alpha value is -2.43. The van der Waals surface area contributed by atoms with Crippen LogP contribution in [0.25, 0.3) is 0 Å². The van der Waals surface area contributed by atoms with E-state index in [0.717, 1.165) is 17.0 Å². The Balaban J connectivity index is 1.54. The van der Waals surface area contributed by atoms with Crippen molar-refractivity contribution in [3.63, 3.8) is 0 Å². The highest BCUT2D eigenvalue weighted by Crippen LogP contribution is 2.52. The third-order valence-electron chi connectivity index (χ3n) is 5.00. The second kappa shape index (κ2) is 4.53. The van der Waals surface area contributed by atoms with E-state index in [1.165, 1.54) is 0 Å². The number of nitrogens with one attached hydrogen (secondary N) is 1. The van der Waals surface area contributed by atoms with Crippen molar-refractivity contribution in [2.75, 3.05) is 0 Å². The quantitative estimate of drug-likeness (QED) is 0.663.